The summed E-state index contributed by atoms with van der Waals surface area (Å²) in [6.07, 6.45) is 0. The van der Waals surface area contributed by atoms with Crippen molar-refractivity contribution in [3.8, 4) is 11.5 Å². The highest BCUT2D eigenvalue weighted by molar-refractivity contribution is 6.01. The van der Waals surface area contributed by atoms with Crippen molar-refractivity contribution in [1.82, 2.24) is 15.8 Å². The number of hydrazine groups is 1. The Hall–Kier alpha value is -3.55. The molecule has 2 amide bonds. The van der Waals surface area contributed by atoms with Crippen LogP contribution < -0.4 is 20.3 Å². The Morgan fingerprint density at radius 1 is 0.962 bits per heavy atom. The van der Waals surface area contributed by atoms with Gasteiger partial charge in [0.05, 0.1) is 0 Å². The number of nitrogens with one attached hydrogen (secondary N) is 3. The van der Waals surface area contributed by atoms with Gasteiger partial charge in [-0.3, -0.25) is 20.4 Å². The maximum atomic E-state index is 13.7. The first-order valence-corrected chi connectivity index (χ1v) is 7.89. The van der Waals surface area contributed by atoms with Gasteiger partial charge in [-0.25, -0.2) is 4.39 Å². The molecule has 0 unspecified atom stereocenters. The normalized spacial score (nSPS) is 12.7. The molecule has 4 rings (SSSR count). The van der Waals surface area contributed by atoms with E-state index in [0.717, 1.165) is 0 Å². The third-order valence-electron chi connectivity index (χ3n) is 3.95. The second-order valence-electron chi connectivity index (χ2n) is 5.65. The van der Waals surface area contributed by atoms with E-state index in [2.05, 4.69) is 15.8 Å². The van der Waals surface area contributed by atoms with Crippen LogP contribution in [0.2, 0.25) is 0 Å². The summed E-state index contributed by atoms with van der Waals surface area (Å²) in [6, 6.07) is 10.6. The number of fused-ring (bicyclic) bond motifs is 2. The molecule has 0 saturated heterocycles. The molecule has 0 atom stereocenters. The SMILES string of the molecule is O=C(NNC(=O)c1cc2c(F)cccc2[nH]1)c1ccc2c(c1)OCCO2. The molecule has 3 N–H and O–H groups in total. The van der Waals surface area contributed by atoms with Crippen LogP contribution in [0.4, 0.5) is 4.39 Å². The fourth-order valence-corrected chi connectivity index (χ4v) is 2.68. The number of amides is 2. The Balaban J connectivity index is 1.45. The number of ether oxygens (including phenoxy) is 2. The minimum atomic E-state index is -0.591. The van der Waals surface area contributed by atoms with Crippen molar-refractivity contribution < 1.29 is 23.5 Å². The van der Waals surface area contributed by atoms with Gasteiger partial charge in [-0.05, 0) is 36.4 Å². The number of hydrogen-bond donors (Lipinski definition) is 3. The molecule has 3 aromatic rings. The van der Waals surface area contributed by atoms with Gasteiger partial charge < -0.3 is 14.5 Å². The maximum Gasteiger partial charge on any atom is 0.286 e. The van der Waals surface area contributed by atoms with Crippen LogP contribution >= 0.6 is 0 Å². The summed E-state index contributed by atoms with van der Waals surface area (Å²) in [6.45, 7) is 0.867. The number of halogens is 1. The molecule has 2 heterocycles. The molecule has 0 aliphatic carbocycles. The Morgan fingerprint density at radius 2 is 1.73 bits per heavy atom. The van der Waals surface area contributed by atoms with E-state index in [4.69, 9.17) is 9.47 Å². The van der Waals surface area contributed by atoms with Crippen molar-refractivity contribution >= 4 is 22.7 Å². The highest BCUT2D eigenvalue weighted by atomic mass is 19.1. The molecular weight excluding hydrogens is 341 g/mol. The molecule has 0 saturated carbocycles. The predicted octanol–water partition coefficient (Wildman–Crippen LogP) is 2.15. The van der Waals surface area contributed by atoms with Crippen LogP contribution in [-0.2, 0) is 0 Å². The van der Waals surface area contributed by atoms with E-state index in [-0.39, 0.29) is 5.69 Å². The van der Waals surface area contributed by atoms with Crippen LogP contribution in [0.25, 0.3) is 10.9 Å². The number of rotatable bonds is 2. The summed E-state index contributed by atoms with van der Waals surface area (Å²) in [7, 11) is 0. The molecule has 2 aromatic carbocycles. The highest BCUT2D eigenvalue weighted by Gasteiger charge is 2.16. The van der Waals surface area contributed by atoms with E-state index in [1.54, 1.807) is 24.3 Å². The van der Waals surface area contributed by atoms with Crippen LogP contribution in [0.5, 0.6) is 11.5 Å². The van der Waals surface area contributed by atoms with E-state index < -0.39 is 17.6 Å². The van der Waals surface area contributed by atoms with Crippen molar-refractivity contribution in [2.75, 3.05) is 13.2 Å². The first-order valence-electron chi connectivity index (χ1n) is 7.89. The summed E-state index contributed by atoms with van der Waals surface area (Å²) >= 11 is 0. The van der Waals surface area contributed by atoms with Gasteiger partial charge in [-0.2, -0.15) is 0 Å². The average Bonchev–Trinajstić information content (AvgIpc) is 3.11. The molecule has 1 aliphatic rings. The zero-order valence-electron chi connectivity index (χ0n) is 13.5. The molecule has 0 spiro atoms. The average molecular weight is 355 g/mol. The lowest BCUT2D eigenvalue weighted by molar-refractivity contribution is 0.0844. The second kappa shape index (κ2) is 6.40. The van der Waals surface area contributed by atoms with Crippen molar-refractivity contribution in [3.63, 3.8) is 0 Å². The zero-order valence-corrected chi connectivity index (χ0v) is 13.5. The van der Waals surface area contributed by atoms with Crippen molar-refractivity contribution in [3.05, 3.63) is 59.5 Å². The number of hydrogen-bond acceptors (Lipinski definition) is 4. The number of carbonyl (C=O) groups excluding carboxylic acids is 2. The van der Waals surface area contributed by atoms with Crippen LogP contribution in [0.1, 0.15) is 20.8 Å². The Bertz CT molecular complexity index is 1010. The predicted molar refractivity (Wildman–Crippen MR) is 90.6 cm³/mol. The topological polar surface area (TPSA) is 92.5 Å². The summed E-state index contributed by atoms with van der Waals surface area (Å²) in [4.78, 5) is 27.2. The van der Waals surface area contributed by atoms with Gasteiger partial charge in [0, 0.05) is 16.5 Å². The Kier molecular flexibility index (Phi) is 3.92. The van der Waals surface area contributed by atoms with Crippen molar-refractivity contribution in [2.45, 2.75) is 0 Å². The summed E-state index contributed by atoms with van der Waals surface area (Å²) < 4.78 is 24.5. The molecule has 132 valence electrons. The van der Waals surface area contributed by atoms with Gasteiger partial charge in [0.25, 0.3) is 11.8 Å². The smallest absolute Gasteiger partial charge is 0.286 e. The van der Waals surface area contributed by atoms with Crippen LogP contribution in [0, 0.1) is 5.82 Å². The number of benzene rings is 2. The summed E-state index contributed by atoms with van der Waals surface area (Å²) in [5.74, 6) is -0.500. The maximum absolute atomic E-state index is 13.7. The molecule has 0 radical (unpaired) electrons. The van der Waals surface area contributed by atoms with Gasteiger partial charge in [-0.1, -0.05) is 6.07 Å². The quantitative estimate of drug-likeness (QED) is 0.614. The third kappa shape index (κ3) is 2.92. The molecule has 0 fully saturated rings. The van der Waals surface area contributed by atoms with E-state index in [1.165, 1.54) is 18.2 Å². The molecule has 1 aromatic heterocycles. The standard InChI is InChI=1S/C18H14FN3O4/c19-12-2-1-3-13-11(12)9-14(20-13)18(24)22-21-17(23)10-4-5-15-16(8-10)26-7-6-25-15/h1-5,8-9,20H,6-7H2,(H,21,23)(H,22,24). The van der Waals surface area contributed by atoms with Gasteiger partial charge in [0.15, 0.2) is 11.5 Å². The van der Waals surface area contributed by atoms with Gasteiger partial charge in [0.2, 0.25) is 0 Å². The molecule has 26 heavy (non-hydrogen) atoms. The van der Waals surface area contributed by atoms with Gasteiger partial charge in [0.1, 0.15) is 24.7 Å². The number of aromatic nitrogens is 1. The van der Waals surface area contributed by atoms with Gasteiger partial charge in [-0.15, -0.1) is 0 Å². The van der Waals surface area contributed by atoms with E-state index in [9.17, 15) is 14.0 Å². The number of H-pyrrole nitrogens is 1. The summed E-state index contributed by atoms with van der Waals surface area (Å²) in [5, 5.41) is 0.302. The first kappa shape index (κ1) is 15.9. The van der Waals surface area contributed by atoms with E-state index in [1.807, 2.05) is 0 Å². The van der Waals surface area contributed by atoms with Crippen LogP contribution in [-0.4, -0.2) is 30.0 Å². The molecule has 7 nitrogen and oxygen atoms in total. The fraction of sp³-hybridized carbons (Fsp3) is 0.111. The van der Waals surface area contributed by atoms with Crippen LogP contribution in [0.15, 0.2) is 42.5 Å². The van der Waals surface area contributed by atoms with E-state index in [0.29, 0.717) is 41.2 Å². The molecular formula is C18H14FN3O4. The molecule has 1 aliphatic heterocycles. The number of carbonyl (C=O) groups is 2. The molecule has 0 bridgehead atoms. The Labute approximate surface area is 147 Å². The second-order valence-corrected chi connectivity index (χ2v) is 5.65. The Morgan fingerprint density at radius 3 is 2.54 bits per heavy atom. The lowest BCUT2D eigenvalue weighted by Gasteiger charge is -2.18. The molecule has 8 heteroatoms. The largest absolute Gasteiger partial charge is 0.486 e. The highest BCUT2D eigenvalue weighted by Crippen LogP contribution is 2.30. The minimum Gasteiger partial charge on any atom is -0.486 e. The van der Waals surface area contributed by atoms with Crippen molar-refractivity contribution in [1.29, 1.82) is 0 Å². The lowest BCUT2D eigenvalue weighted by atomic mass is 10.2. The van der Waals surface area contributed by atoms with Crippen molar-refractivity contribution in [2.24, 2.45) is 0 Å². The fourth-order valence-electron chi connectivity index (χ4n) is 2.68. The van der Waals surface area contributed by atoms with E-state index >= 15 is 0 Å². The zero-order chi connectivity index (χ0) is 18.1. The lowest BCUT2D eigenvalue weighted by Crippen LogP contribution is -2.41. The number of aromatic amines is 1. The van der Waals surface area contributed by atoms with Crippen LogP contribution in [0.3, 0.4) is 0 Å². The monoisotopic (exact) mass is 355 g/mol. The minimum absolute atomic E-state index is 0.132. The third-order valence-corrected chi connectivity index (χ3v) is 3.95. The van der Waals surface area contributed by atoms with Gasteiger partial charge >= 0.3 is 0 Å². The first-order chi connectivity index (χ1) is 12.6. The summed E-state index contributed by atoms with van der Waals surface area (Å²) in [5.41, 5.74) is 5.54.